The number of benzene rings is 1. The van der Waals surface area contributed by atoms with Gasteiger partial charge in [-0.1, -0.05) is 6.07 Å². The van der Waals surface area contributed by atoms with Gasteiger partial charge in [-0.2, -0.15) is 13.2 Å². The van der Waals surface area contributed by atoms with E-state index in [-0.39, 0.29) is 5.84 Å². The van der Waals surface area contributed by atoms with Crippen molar-refractivity contribution in [1.29, 1.82) is 0 Å². The van der Waals surface area contributed by atoms with Crippen molar-refractivity contribution in [3.63, 3.8) is 0 Å². The number of H-pyrrole nitrogens is 1. The fourth-order valence-corrected chi connectivity index (χ4v) is 3.41. The molecule has 1 aliphatic rings. The van der Waals surface area contributed by atoms with E-state index in [2.05, 4.69) is 25.6 Å². The second-order valence-electron chi connectivity index (χ2n) is 5.64. The second kappa shape index (κ2) is 5.46. The zero-order valence-electron chi connectivity index (χ0n) is 12.7. The zero-order chi connectivity index (χ0) is 17.7. The minimum atomic E-state index is -4.39. The highest BCUT2D eigenvalue weighted by Gasteiger charge is 2.36. The van der Waals surface area contributed by atoms with Gasteiger partial charge in [0.2, 0.25) is 0 Å². The Balaban J connectivity index is 1.75. The lowest BCUT2D eigenvalue weighted by Gasteiger charge is -2.37. The number of nitrogens with two attached hydrogens (primary N) is 1. The van der Waals surface area contributed by atoms with E-state index in [1.807, 2.05) is 12.1 Å². The number of nitrogens with one attached hydrogen (secondary N) is 3. The highest BCUT2D eigenvalue weighted by Crippen LogP contribution is 2.30. The van der Waals surface area contributed by atoms with Crippen LogP contribution in [0.5, 0.6) is 0 Å². The number of aromatic amines is 1. The molecule has 10 heteroatoms. The number of hydrogen-bond acceptors (Lipinski definition) is 5. The minimum absolute atomic E-state index is 0.0826. The van der Waals surface area contributed by atoms with Gasteiger partial charge < -0.3 is 15.6 Å². The Labute approximate surface area is 144 Å². The van der Waals surface area contributed by atoms with Crippen molar-refractivity contribution in [2.24, 2.45) is 10.7 Å². The SMILES string of the molecule is NC1(c2ccc3ncsc3c2)NC(=NCC(F)(F)F)c2cc[nH]c2N1. The third-order valence-corrected chi connectivity index (χ3v) is 4.63. The molecule has 5 N–H and O–H groups in total. The topological polar surface area (TPSA) is 91.1 Å². The van der Waals surface area contributed by atoms with Crippen LogP contribution >= 0.6 is 11.3 Å². The Morgan fingerprint density at radius 2 is 2.08 bits per heavy atom. The van der Waals surface area contributed by atoms with Crippen LogP contribution in [0.25, 0.3) is 10.2 Å². The predicted molar refractivity (Wildman–Crippen MR) is 90.5 cm³/mol. The second-order valence-corrected chi connectivity index (χ2v) is 6.53. The van der Waals surface area contributed by atoms with Crippen molar-refractivity contribution in [3.05, 3.63) is 47.1 Å². The number of rotatable bonds is 2. The van der Waals surface area contributed by atoms with Crippen LogP contribution in [0.3, 0.4) is 0 Å². The molecule has 0 fully saturated rings. The van der Waals surface area contributed by atoms with Crippen molar-refractivity contribution >= 4 is 33.2 Å². The van der Waals surface area contributed by atoms with Crippen molar-refractivity contribution in [1.82, 2.24) is 15.3 Å². The number of halogens is 3. The number of thiazole rings is 1. The average Bonchev–Trinajstić information content (AvgIpc) is 3.19. The number of alkyl halides is 3. The molecule has 0 saturated heterocycles. The number of nitrogens with zero attached hydrogens (tertiary/aromatic N) is 2. The van der Waals surface area contributed by atoms with Gasteiger partial charge in [-0.3, -0.25) is 10.7 Å². The molecule has 3 aromatic rings. The molecule has 1 atom stereocenters. The van der Waals surface area contributed by atoms with Crippen LogP contribution in [-0.2, 0) is 5.79 Å². The summed E-state index contributed by atoms with van der Waals surface area (Å²) in [4.78, 5) is 10.8. The third-order valence-electron chi connectivity index (χ3n) is 3.84. The highest BCUT2D eigenvalue weighted by atomic mass is 32.1. The molecule has 0 spiro atoms. The summed E-state index contributed by atoms with van der Waals surface area (Å²) in [5.74, 6) is -0.716. The van der Waals surface area contributed by atoms with Gasteiger partial charge in [-0.25, -0.2) is 4.98 Å². The first-order valence-electron chi connectivity index (χ1n) is 7.32. The largest absolute Gasteiger partial charge is 0.408 e. The number of amidine groups is 1. The van der Waals surface area contributed by atoms with Gasteiger partial charge in [0.15, 0.2) is 5.79 Å². The summed E-state index contributed by atoms with van der Waals surface area (Å²) in [5, 5.41) is 5.99. The van der Waals surface area contributed by atoms with E-state index in [1.54, 1.807) is 23.8 Å². The molecule has 25 heavy (non-hydrogen) atoms. The van der Waals surface area contributed by atoms with E-state index in [0.29, 0.717) is 16.9 Å². The van der Waals surface area contributed by atoms with Crippen molar-refractivity contribution in [3.8, 4) is 0 Å². The fourth-order valence-electron chi connectivity index (χ4n) is 2.69. The first-order valence-corrected chi connectivity index (χ1v) is 8.20. The fraction of sp³-hybridized carbons (Fsp3) is 0.200. The number of anilines is 1. The van der Waals surface area contributed by atoms with Gasteiger partial charge >= 0.3 is 6.18 Å². The van der Waals surface area contributed by atoms with Crippen molar-refractivity contribution in [2.45, 2.75) is 12.0 Å². The summed E-state index contributed by atoms with van der Waals surface area (Å²) in [7, 11) is 0. The molecular formula is C15H13F3N6S. The maximum Gasteiger partial charge on any atom is 0.408 e. The lowest BCUT2D eigenvalue weighted by Crippen LogP contribution is -2.61. The van der Waals surface area contributed by atoms with Gasteiger partial charge in [0.25, 0.3) is 0 Å². The van der Waals surface area contributed by atoms with E-state index in [4.69, 9.17) is 5.73 Å². The summed E-state index contributed by atoms with van der Waals surface area (Å²) in [6.07, 6.45) is -2.78. The maximum atomic E-state index is 12.6. The number of fused-ring (bicyclic) bond motifs is 2. The first kappa shape index (κ1) is 15.9. The maximum absolute atomic E-state index is 12.6. The Bertz CT molecular complexity index is 959. The summed E-state index contributed by atoms with van der Waals surface area (Å²) in [6.45, 7) is -1.29. The molecule has 2 aromatic heterocycles. The standard InChI is InChI=1S/C15H13F3N6S/c16-14(17,18)6-21-13-9-3-4-20-12(9)23-15(19,24-13)8-1-2-10-11(5-8)25-7-22-10/h1-5,7,20,23H,6,19H2,(H,21,24). The third kappa shape index (κ3) is 2.94. The number of hydrogen-bond donors (Lipinski definition) is 4. The van der Waals surface area contributed by atoms with Crippen LogP contribution in [0.1, 0.15) is 11.1 Å². The van der Waals surface area contributed by atoms with E-state index in [9.17, 15) is 13.2 Å². The smallest absolute Gasteiger partial charge is 0.348 e. The van der Waals surface area contributed by atoms with Gasteiger partial charge in [-0.15, -0.1) is 11.3 Å². The minimum Gasteiger partial charge on any atom is -0.348 e. The predicted octanol–water partition coefficient (Wildman–Crippen LogP) is 2.72. The van der Waals surface area contributed by atoms with Crippen LogP contribution in [0.15, 0.2) is 41.0 Å². The molecule has 0 bridgehead atoms. The van der Waals surface area contributed by atoms with E-state index in [1.165, 1.54) is 11.3 Å². The Morgan fingerprint density at radius 3 is 2.88 bits per heavy atom. The van der Waals surface area contributed by atoms with E-state index in [0.717, 1.165) is 10.2 Å². The summed E-state index contributed by atoms with van der Waals surface area (Å²) >= 11 is 1.46. The van der Waals surface area contributed by atoms with Crippen LogP contribution in [0, 0.1) is 0 Å². The van der Waals surface area contributed by atoms with Crippen LogP contribution < -0.4 is 16.4 Å². The Kier molecular flexibility index (Phi) is 3.48. The quantitative estimate of drug-likeness (QED) is 0.561. The summed E-state index contributed by atoms with van der Waals surface area (Å²) in [5.41, 5.74) is 10.1. The van der Waals surface area contributed by atoms with Crippen LogP contribution in [-0.4, -0.2) is 28.5 Å². The monoisotopic (exact) mass is 366 g/mol. The molecule has 0 amide bonds. The molecule has 0 aliphatic carbocycles. The normalized spacial score (nSPS) is 21.8. The molecule has 130 valence electrons. The molecule has 0 saturated carbocycles. The lowest BCUT2D eigenvalue weighted by atomic mass is 10.0. The van der Waals surface area contributed by atoms with Gasteiger partial charge in [0.1, 0.15) is 18.2 Å². The van der Waals surface area contributed by atoms with Crippen LogP contribution in [0.4, 0.5) is 19.0 Å². The van der Waals surface area contributed by atoms with E-state index >= 15 is 0 Å². The van der Waals surface area contributed by atoms with Gasteiger partial charge in [0, 0.05) is 11.8 Å². The van der Waals surface area contributed by atoms with Gasteiger partial charge in [-0.05, 0) is 18.2 Å². The molecule has 0 radical (unpaired) electrons. The average molecular weight is 366 g/mol. The summed E-state index contributed by atoms with van der Waals surface area (Å²) in [6, 6.07) is 7.08. The lowest BCUT2D eigenvalue weighted by molar-refractivity contribution is -0.118. The summed E-state index contributed by atoms with van der Waals surface area (Å²) < 4.78 is 38.6. The number of aromatic nitrogens is 2. The van der Waals surface area contributed by atoms with Crippen molar-refractivity contribution in [2.75, 3.05) is 11.9 Å². The molecule has 1 unspecified atom stereocenters. The van der Waals surface area contributed by atoms with E-state index < -0.39 is 18.5 Å². The molecule has 3 heterocycles. The Morgan fingerprint density at radius 1 is 1.24 bits per heavy atom. The Hall–Kier alpha value is -2.59. The molecular weight excluding hydrogens is 353 g/mol. The highest BCUT2D eigenvalue weighted by molar-refractivity contribution is 7.16. The molecule has 1 aliphatic heterocycles. The molecule has 1 aromatic carbocycles. The van der Waals surface area contributed by atoms with Crippen molar-refractivity contribution < 1.29 is 13.2 Å². The molecule has 6 nitrogen and oxygen atoms in total. The zero-order valence-corrected chi connectivity index (χ0v) is 13.5. The molecule has 4 rings (SSSR count). The van der Waals surface area contributed by atoms with Gasteiger partial charge in [0.05, 0.1) is 21.3 Å². The first-order chi connectivity index (χ1) is 11.8. The number of aliphatic imine (C=N–C) groups is 1. The van der Waals surface area contributed by atoms with Crippen LogP contribution in [0.2, 0.25) is 0 Å².